The molecule has 3 rings (SSSR count). The van der Waals surface area contributed by atoms with Crippen molar-refractivity contribution in [3.8, 4) is 11.3 Å². The lowest BCUT2D eigenvalue weighted by Crippen LogP contribution is -2.27. The first-order valence-corrected chi connectivity index (χ1v) is 6.97. The van der Waals surface area contributed by atoms with E-state index in [1.165, 1.54) is 11.8 Å². The number of hydrogen-bond donors (Lipinski definition) is 2. The summed E-state index contributed by atoms with van der Waals surface area (Å²) in [6.07, 6.45) is 1.48. The van der Waals surface area contributed by atoms with E-state index in [2.05, 4.69) is 20.7 Å². The van der Waals surface area contributed by atoms with E-state index in [1.807, 2.05) is 38.1 Å². The summed E-state index contributed by atoms with van der Waals surface area (Å²) >= 11 is 0. The first kappa shape index (κ1) is 14.1. The maximum absolute atomic E-state index is 12.2. The molecule has 0 aliphatic heterocycles. The second-order valence-electron chi connectivity index (χ2n) is 5.15. The summed E-state index contributed by atoms with van der Waals surface area (Å²) in [5.74, 6) is -0.235. The maximum atomic E-state index is 12.2. The van der Waals surface area contributed by atoms with Crippen LogP contribution in [0, 0.1) is 6.92 Å². The van der Waals surface area contributed by atoms with Gasteiger partial charge in [-0.05, 0) is 19.9 Å². The fraction of sp³-hybridized carbons (Fsp3) is 0.188. The van der Waals surface area contributed by atoms with Crippen LogP contribution < -0.4 is 5.32 Å². The lowest BCUT2D eigenvalue weighted by Gasteiger charge is -2.09. The van der Waals surface area contributed by atoms with Gasteiger partial charge in [0.2, 0.25) is 0 Å². The summed E-state index contributed by atoms with van der Waals surface area (Å²) in [5, 5.41) is 13.6. The molecule has 22 heavy (non-hydrogen) atoms. The van der Waals surface area contributed by atoms with Gasteiger partial charge in [0, 0.05) is 11.6 Å². The molecule has 1 atom stereocenters. The summed E-state index contributed by atoms with van der Waals surface area (Å²) in [7, 11) is 0. The SMILES string of the molecule is Cc1ccc(-c2cc(C(=O)NC(C)c3ccon3)[nH]n2)cc1. The lowest BCUT2D eigenvalue weighted by molar-refractivity contribution is 0.0933. The lowest BCUT2D eigenvalue weighted by atomic mass is 10.1. The highest BCUT2D eigenvalue weighted by molar-refractivity contribution is 5.93. The van der Waals surface area contributed by atoms with Gasteiger partial charge < -0.3 is 9.84 Å². The second-order valence-corrected chi connectivity index (χ2v) is 5.15. The van der Waals surface area contributed by atoms with Crippen molar-refractivity contribution in [2.45, 2.75) is 19.9 Å². The Kier molecular flexibility index (Phi) is 3.74. The van der Waals surface area contributed by atoms with Gasteiger partial charge in [-0.1, -0.05) is 35.0 Å². The van der Waals surface area contributed by atoms with Crippen molar-refractivity contribution in [2.24, 2.45) is 0 Å². The minimum absolute atomic E-state index is 0.235. The van der Waals surface area contributed by atoms with E-state index in [9.17, 15) is 4.79 Å². The number of H-pyrrole nitrogens is 1. The quantitative estimate of drug-likeness (QED) is 0.775. The predicted octanol–water partition coefficient (Wildman–Crippen LogP) is 2.86. The number of hydrogen-bond acceptors (Lipinski definition) is 4. The number of rotatable bonds is 4. The van der Waals surface area contributed by atoms with Crippen LogP contribution in [0.25, 0.3) is 11.3 Å². The van der Waals surface area contributed by atoms with Crippen LogP contribution >= 0.6 is 0 Å². The summed E-state index contributed by atoms with van der Waals surface area (Å²) in [6, 6.07) is 11.2. The van der Waals surface area contributed by atoms with Gasteiger partial charge in [-0.3, -0.25) is 9.89 Å². The van der Waals surface area contributed by atoms with E-state index >= 15 is 0 Å². The monoisotopic (exact) mass is 296 g/mol. The molecular formula is C16H16N4O2. The van der Waals surface area contributed by atoms with Crippen molar-refractivity contribution in [1.29, 1.82) is 0 Å². The molecule has 0 aliphatic carbocycles. The van der Waals surface area contributed by atoms with Gasteiger partial charge in [0.15, 0.2) is 0 Å². The number of carbonyl (C=O) groups excluding carboxylic acids is 1. The number of benzene rings is 1. The zero-order valence-electron chi connectivity index (χ0n) is 12.3. The average Bonchev–Trinajstić information content (AvgIpc) is 3.20. The third-order valence-corrected chi connectivity index (χ3v) is 3.42. The van der Waals surface area contributed by atoms with Gasteiger partial charge in [-0.2, -0.15) is 5.10 Å². The molecule has 112 valence electrons. The van der Waals surface area contributed by atoms with Gasteiger partial charge in [0.25, 0.3) is 5.91 Å². The Balaban J connectivity index is 1.73. The highest BCUT2D eigenvalue weighted by Crippen LogP contribution is 2.18. The highest BCUT2D eigenvalue weighted by Gasteiger charge is 2.16. The molecule has 0 aliphatic rings. The van der Waals surface area contributed by atoms with Crippen LogP contribution in [0.2, 0.25) is 0 Å². The molecule has 0 radical (unpaired) electrons. The number of amides is 1. The second kappa shape index (κ2) is 5.85. The third-order valence-electron chi connectivity index (χ3n) is 3.42. The first-order chi connectivity index (χ1) is 10.6. The Hall–Kier alpha value is -2.89. The molecule has 0 bridgehead atoms. The minimum Gasteiger partial charge on any atom is -0.364 e. The molecule has 6 nitrogen and oxygen atoms in total. The molecule has 0 saturated heterocycles. The molecule has 0 fully saturated rings. The fourth-order valence-corrected chi connectivity index (χ4v) is 2.10. The molecule has 0 spiro atoms. The van der Waals surface area contributed by atoms with Gasteiger partial charge in [0.1, 0.15) is 17.7 Å². The van der Waals surface area contributed by atoms with Gasteiger partial charge >= 0.3 is 0 Å². The van der Waals surface area contributed by atoms with Crippen LogP contribution in [-0.4, -0.2) is 21.3 Å². The molecule has 2 aromatic heterocycles. The predicted molar refractivity (Wildman–Crippen MR) is 81.1 cm³/mol. The van der Waals surface area contributed by atoms with Crippen LogP contribution in [0.4, 0.5) is 0 Å². The van der Waals surface area contributed by atoms with Crippen molar-refractivity contribution in [2.75, 3.05) is 0 Å². The van der Waals surface area contributed by atoms with Gasteiger partial charge in [-0.25, -0.2) is 0 Å². The Morgan fingerprint density at radius 3 is 2.73 bits per heavy atom. The molecule has 2 heterocycles. The topological polar surface area (TPSA) is 83.8 Å². The zero-order valence-corrected chi connectivity index (χ0v) is 12.3. The van der Waals surface area contributed by atoms with E-state index in [-0.39, 0.29) is 11.9 Å². The molecule has 1 amide bonds. The Morgan fingerprint density at radius 2 is 2.05 bits per heavy atom. The highest BCUT2D eigenvalue weighted by atomic mass is 16.5. The van der Waals surface area contributed by atoms with E-state index in [0.717, 1.165) is 11.3 Å². The van der Waals surface area contributed by atoms with Crippen LogP contribution in [0.5, 0.6) is 0 Å². The first-order valence-electron chi connectivity index (χ1n) is 6.97. The third kappa shape index (κ3) is 2.90. The number of aromatic amines is 1. The summed E-state index contributed by atoms with van der Waals surface area (Å²) in [6.45, 7) is 3.87. The minimum atomic E-state index is -0.239. The number of nitrogens with one attached hydrogen (secondary N) is 2. The Labute approximate surface area is 127 Å². The smallest absolute Gasteiger partial charge is 0.269 e. The molecule has 2 N–H and O–H groups in total. The number of carbonyl (C=O) groups is 1. The zero-order chi connectivity index (χ0) is 15.5. The largest absolute Gasteiger partial charge is 0.364 e. The number of nitrogens with zero attached hydrogens (tertiary/aromatic N) is 2. The van der Waals surface area contributed by atoms with E-state index in [4.69, 9.17) is 4.52 Å². The fourth-order valence-electron chi connectivity index (χ4n) is 2.10. The van der Waals surface area contributed by atoms with Gasteiger partial charge in [0.05, 0.1) is 11.7 Å². The molecular weight excluding hydrogens is 280 g/mol. The summed E-state index contributed by atoms with van der Waals surface area (Å²) in [5.41, 5.74) is 3.96. The Bertz CT molecular complexity index is 760. The average molecular weight is 296 g/mol. The van der Waals surface area contributed by atoms with Gasteiger partial charge in [-0.15, -0.1) is 0 Å². The number of aryl methyl sites for hydroxylation is 1. The molecule has 0 saturated carbocycles. The molecule has 1 aromatic carbocycles. The van der Waals surface area contributed by atoms with Crippen molar-refractivity contribution < 1.29 is 9.32 Å². The summed E-state index contributed by atoms with van der Waals surface area (Å²) < 4.78 is 4.77. The van der Waals surface area contributed by atoms with E-state index in [1.54, 1.807) is 12.1 Å². The van der Waals surface area contributed by atoms with Crippen LogP contribution in [0.3, 0.4) is 0 Å². The molecule has 1 unspecified atom stereocenters. The maximum Gasteiger partial charge on any atom is 0.269 e. The van der Waals surface area contributed by atoms with Crippen LogP contribution in [0.1, 0.15) is 34.7 Å². The van der Waals surface area contributed by atoms with Crippen LogP contribution in [0.15, 0.2) is 47.2 Å². The van der Waals surface area contributed by atoms with Crippen molar-refractivity contribution in [3.05, 3.63) is 59.6 Å². The molecule has 6 heteroatoms. The Morgan fingerprint density at radius 1 is 1.27 bits per heavy atom. The summed E-state index contributed by atoms with van der Waals surface area (Å²) in [4.78, 5) is 12.2. The number of aromatic nitrogens is 3. The van der Waals surface area contributed by atoms with Crippen LogP contribution in [-0.2, 0) is 0 Å². The van der Waals surface area contributed by atoms with Crippen molar-refractivity contribution >= 4 is 5.91 Å². The van der Waals surface area contributed by atoms with Crippen molar-refractivity contribution in [1.82, 2.24) is 20.7 Å². The van der Waals surface area contributed by atoms with E-state index in [0.29, 0.717) is 11.4 Å². The molecule has 3 aromatic rings. The normalized spacial score (nSPS) is 12.1. The standard InChI is InChI=1S/C16H16N4O2/c1-10-3-5-12(6-4-10)14-9-15(19-18-14)16(21)17-11(2)13-7-8-22-20-13/h3-9,11H,1-2H3,(H,17,21)(H,18,19). The van der Waals surface area contributed by atoms with E-state index < -0.39 is 0 Å². The van der Waals surface area contributed by atoms with Crippen molar-refractivity contribution in [3.63, 3.8) is 0 Å².